The van der Waals surface area contributed by atoms with E-state index in [0.29, 0.717) is 6.42 Å². The van der Waals surface area contributed by atoms with Crippen LogP contribution in [0, 0.1) is 0 Å². The van der Waals surface area contributed by atoms with E-state index in [9.17, 15) is 9.90 Å². The van der Waals surface area contributed by atoms with Crippen molar-refractivity contribution in [3.63, 3.8) is 0 Å². The number of aliphatic hydroxyl groups is 1. The molecule has 2 rings (SSSR count). The van der Waals surface area contributed by atoms with Crippen LogP contribution in [0.5, 0.6) is 0 Å². The molecule has 2 atom stereocenters. The number of H-pyrrole nitrogens is 1. The van der Waals surface area contributed by atoms with Crippen molar-refractivity contribution >= 4 is 5.97 Å². The van der Waals surface area contributed by atoms with Crippen molar-refractivity contribution in [2.24, 2.45) is 0 Å². The topological polar surface area (TPSA) is 73.3 Å². The van der Waals surface area contributed by atoms with Gasteiger partial charge in [0.2, 0.25) is 0 Å². The first kappa shape index (κ1) is 8.31. The van der Waals surface area contributed by atoms with Gasteiger partial charge in [-0.25, -0.2) is 4.79 Å². The van der Waals surface area contributed by atoms with Crippen LogP contribution in [-0.2, 0) is 0 Å². The molecule has 1 aliphatic carbocycles. The summed E-state index contributed by atoms with van der Waals surface area (Å²) in [6, 6.07) is 1.52. The zero-order valence-corrected chi connectivity index (χ0v) is 7.24. The van der Waals surface area contributed by atoms with E-state index in [4.69, 9.17) is 5.11 Å². The predicted molar refractivity (Wildman–Crippen MR) is 45.7 cm³/mol. The lowest BCUT2D eigenvalue weighted by Gasteiger charge is -2.01. The summed E-state index contributed by atoms with van der Waals surface area (Å²) in [6.45, 7) is 1.97. The Bertz CT molecular complexity index is 330. The molecule has 2 unspecified atom stereocenters. The average Bonchev–Trinajstić information content (AvgIpc) is 2.55. The molecule has 0 bridgehead atoms. The Morgan fingerprint density at radius 1 is 1.69 bits per heavy atom. The number of carboxylic acids is 1. The van der Waals surface area contributed by atoms with Crippen LogP contribution >= 0.6 is 0 Å². The molecule has 13 heavy (non-hydrogen) atoms. The average molecular weight is 181 g/mol. The van der Waals surface area contributed by atoms with E-state index in [1.807, 2.05) is 6.92 Å². The van der Waals surface area contributed by atoms with Gasteiger partial charge in [-0.15, -0.1) is 0 Å². The predicted octanol–water partition coefficient (Wildman–Crippen LogP) is 1.25. The number of carbonyl (C=O) groups is 1. The number of carboxylic acid groups (broad SMARTS) is 1. The van der Waals surface area contributed by atoms with Gasteiger partial charge < -0.3 is 15.2 Å². The minimum atomic E-state index is -0.978. The van der Waals surface area contributed by atoms with Gasteiger partial charge in [-0.3, -0.25) is 0 Å². The minimum absolute atomic E-state index is 0.163. The third kappa shape index (κ3) is 1.14. The standard InChI is InChI=1S/C9H11NO3/c1-4-2-7(11)5-3-6(9(12)13)10-8(4)5/h3-4,7,10-11H,2H2,1H3,(H,12,13). The summed E-state index contributed by atoms with van der Waals surface area (Å²) in [7, 11) is 0. The van der Waals surface area contributed by atoms with Gasteiger partial charge in [-0.05, 0) is 18.4 Å². The van der Waals surface area contributed by atoms with Crippen molar-refractivity contribution in [1.29, 1.82) is 0 Å². The number of aliphatic hydroxyl groups excluding tert-OH is 1. The molecule has 1 aromatic heterocycles. The molecule has 0 amide bonds. The molecular formula is C9H11NO3. The smallest absolute Gasteiger partial charge is 0.352 e. The van der Waals surface area contributed by atoms with Crippen LogP contribution in [0.15, 0.2) is 6.07 Å². The second-order valence-corrected chi connectivity index (χ2v) is 3.51. The molecule has 0 saturated carbocycles. The lowest BCUT2D eigenvalue weighted by molar-refractivity contribution is 0.0690. The number of rotatable bonds is 1. The lowest BCUT2D eigenvalue weighted by atomic mass is 10.1. The van der Waals surface area contributed by atoms with Crippen LogP contribution in [0.25, 0.3) is 0 Å². The molecule has 4 heteroatoms. The van der Waals surface area contributed by atoms with E-state index in [1.54, 1.807) is 0 Å². The molecule has 0 aromatic carbocycles. The second kappa shape index (κ2) is 2.60. The van der Waals surface area contributed by atoms with E-state index < -0.39 is 12.1 Å². The summed E-state index contributed by atoms with van der Waals surface area (Å²) < 4.78 is 0. The number of aromatic nitrogens is 1. The second-order valence-electron chi connectivity index (χ2n) is 3.51. The molecule has 0 radical (unpaired) electrons. The monoisotopic (exact) mass is 181 g/mol. The Labute approximate surface area is 75.2 Å². The van der Waals surface area contributed by atoms with E-state index >= 15 is 0 Å². The zero-order chi connectivity index (χ0) is 9.59. The fraction of sp³-hybridized carbons (Fsp3) is 0.444. The third-order valence-corrected chi connectivity index (χ3v) is 2.54. The molecule has 1 aliphatic rings. The van der Waals surface area contributed by atoms with E-state index in [2.05, 4.69) is 4.98 Å². The maximum absolute atomic E-state index is 10.6. The van der Waals surface area contributed by atoms with Crippen LogP contribution in [0.2, 0.25) is 0 Å². The van der Waals surface area contributed by atoms with Crippen molar-refractivity contribution in [2.45, 2.75) is 25.4 Å². The van der Waals surface area contributed by atoms with Crippen LogP contribution in [0.4, 0.5) is 0 Å². The van der Waals surface area contributed by atoms with Crippen LogP contribution in [0.1, 0.15) is 47.1 Å². The minimum Gasteiger partial charge on any atom is -0.477 e. The van der Waals surface area contributed by atoms with Crippen molar-refractivity contribution in [3.05, 3.63) is 23.0 Å². The Hall–Kier alpha value is -1.29. The summed E-state index contributed by atoms with van der Waals surface area (Å²) >= 11 is 0. The summed E-state index contributed by atoms with van der Waals surface area (Å²) in [6.07, 6.45) is 0.176. The molecule has 0 aliphatic heterocycles. The van der Waals surface area contributed by atoms with Gasteiger partial charge in [0.05, 0.1) is 6.10 Å². The van der Waals surface area contributed by atoms with Gasteiger partial charge in [0, 0.05) is 11.3 Å². The molecule has 1 aromatic rings. The van der Waals surface area contributed by atoms with Crippen molar-refractivity contribution in [2.75, 3.05) is 0 Å². The van der Waals surface area contributed by atoms with Crippen LogP contribution < -0.4 is 0 Å². The van der Waals surface area contributed by atoms with E-state index in [0.717, 1.165) is 11.3 Å². The fourth-order valence-corrected chi connectivity index (χ4v) is 1.86. The summed E-state index contributed by atoms with van der Waals surface area (Å²) in [5.41, 5.74) is 1.77. The zero-order valence-electron chi connectivity index (χ0n) is 7.24. The quantitative estimate of drug-likeness (QED) is 0.610. The molecule has 0 spiro atoms. The van der Waals surface area contributed by atoms with Crippen molar-refractivity contribution in [3.8, 4) is 0 Å². The van der Waals surface area contributed by atoms with Crippen LogP contribution in [-0.4, -0.2) is 21.2 Å². The highest BCUT2D eigenvalue weighted by Crippen LogP contribution is 2.39. The molecule has 1 heterocycles. The number of aromatic amines is 1. The Balaban J connectivity index is 2.46. The van der Waals surface area contributed by atoms with Gasteiger partial charge in [0.15, 0.2) is 0 Å². The molecule has 3 N–H and O–H groups in total. The van der Waals surface area contributed by atoms with Gasteiger partial charge >= 0.3 is 5.97 Å². The van der Waals surface area contributed by atoms with Crippen molar-refractivity contribution < 1.29 is 15.0 Å². The fourth-order valence-electron chi connectivity index (χ4n) is 1.86. The van der Waals surface area contributed by atoms with Crippen molar-refractivity contribution in [1.82, 2.24) is 4.98 Å². The summed E-state index contributed by atoms with van der Waals surface area (Å²) in [5.74, 6) is -0.757. The number of hydrogen-bond donors (Lipinski definition) is 3. The highest BCUT2D eigenvalue weighted by molar-refractivity contribution is 5.86. The molecule has 70 valence electrons. The van der Waals surface area contributed by atoms with Gasteiger partial charge in [-0.2, -0.15) is 0 Å². The first-order chi connectivity index (χ1) is 6.09. The Morgan fingerprint density at radius 2 is 2.38 bits per heavy atom. The van der Waals surface area contributed by atoms with Gasteiger partial charge in [0.25, 0.3) is 0 Å². The van der Waals surface area contributed by atoms with Gasteiger partial charge in [-0.1, -0.05) is 6.92 Å². The first-order valence-electron chi connectivity index (χ1n) is 4.23. The first-order valence-corrected chi connectivity index (χ1v) is 4.23. The Kier molecular flexibility index (Phi) is 1.66. The molecule has 4 nitrogen and oxygen atoms in total. The highest BCUT2D eigenvalue weighted by atomic mass is 16.4. The third-order valence-electron chi connectivity index (χ3n) is 2.54. The summed E-state index contributed by atoms with van der Waals surface area (Å²) in [4.78, 5) is 13.4. The number of nitrogens with one attached hydrogen (secondary N) is 1. The number of aromatic carboxylic acids is 1. The number of fused-ring (bicyclic) bond motifs is 1. The molecule has 0 fully saturated rings. The van der Waals surface area contributed by atoms with E-state index in [-0.39, 0.29) is 11.6 Å². The highest BCUT2D eigenvalue weighted by Gasteiger charge is 2.29. The van der Waals surface area contributed by atoms with Gasteiger partial charge in [0.1, 0.15) is 5.69 Å². The van der Waals surface area contributed by atoms with Crippen LogP contribution in [0.3, 0.4) is 0 Å². The van der Waals surface area contributed by atoms with E-state index in [1.165, 1.54) is 6.07 Å². The normalized spacial score (nSPS) is 26.0. The Morgan fingerprint density at radius 3 is 2.92 bits per heavy atom. The maximum Gasteiger partial charge on any atom is 0.352 e. The molecule has 0 saturated heterocycles. The molecular weight excluding hydrogens is 170 g/mol. The lowest BCUT2D eigenvalue weighted by Crippen LogP contribution is -1.98. The SMILES string of the molecule is CC1CC(O)c2cc(C(=O)O)[nH]c21. The number of hydrogen-bond acceptors (Lipinski definition) is 2. The largest absolute Gasteiger partial charge is 0.477 e. The maximum atomic E-state index is 10.6. The summed E-state index contributed by atoms with van der Waals surface area (Å²) in [5, 5.41) is 18.2.